The zero-order valence-electron chi connectivity index (χ0n) is 4.90. The predicted molar refractivity (Wildman–Crippen MR) is 39.7 cm³/mol. The van der Waals surface area contributed by atoms with Gasteiger partial charge < -0.3 is 0 Å². The van der Waals surface area contributed by atoms with E-state index in [1.54, 1.807) is 12.1 Å². The Morgan fingerprint density at radius 2 is 2.30 bits per heavy atom. The van der Waals surface area contributed by atoms with Crippen molar-refractivity contribution in [2.45, 2.75) is 0 Å². The number of non-ortho nitro benzene ring substituents is 1. The van der Waals surface area contributed by atoms with Crippen LogP contribution < -0.4 is 0 Å². The molecule has 2 bridgehead atoms. The fourth-order valence-electron chi connectivity index (χ4n) is 0.917. The van der Waals surface area contributed by atoms with E-state index in [-0.39, 0.29) is 10.6 Å². The van der Waals surface area contributed by atoms with Crippen molar-refractivity contribution in [3.8, 4) is 0 Å². The monoisotopic (exact) mass is 153 g/mol. The molecule has 4 heteroatoms. The maximum atomic E-state index is 10.2. The van der Waals surface area contributed by atoms with Crippen molar-refractivity contribution in [2.75, 3.05) is 0 Å². The Hall–Kier alpha value is -1.16. The molecule has 2 aromatic heterocycles. The average Bonchev–Trinajstić information content (AvgIpc) is 2.44. The molecule has 0 atom stereocenters. The maximum absolute atomic E-state index is 10.2. The molecule has 0 aliphatic heterocycles. The Balaban J connectivity index is 2.73. The molecule has 0 N–H and O–H groups in total. The van der Waals surface area contributed by atoms with Crippen molar-refractivity contribution in [3.05, 3.63) is 28.3 Å². The fraction of sp³-hybridized carbons (Fsp3) is 0. The van der Waals surface area contributed by atoms with Crippen molar-refractivity contribution >= 4 is 26.4 Å². The van der Waals surface area contributed by atoms with Crippen LogP contribution in [0, 0.1) is 10.1 Å². The van der Waals surface area contributed by atoms with Crippen LogP contribution in [0.4, 0.5) is 5.69 Å². The SMILES string of the molecule is O=[N+]([O-])c1cc2ccc1s2. The summed E-state index contributed by atoms with van der Waals surface area (Å²) in [4.78, 5) is 9.90. The zero-order valence-corrected chi connectivity index (χ0v) is 5.72. The molecule has 0 amide bonds. The van der Waals surface area contributed by atoms with Crippen molar-refractivity contribution in [2.24, 2.45) is 0 Å². The van der Waals surface area contributed by atoms with Crippen LogP contribution in [0.15, 0.2) is 18.2 Å². The van der Waals surface area contributed by atoms with E-state index >= 15 is 0 Å². The second-order valence-electron chi connectivity index (χ2n) is 1.99. The van der Waals surface area contributed by atoms with Crippen molar-refractivity contribution in [1.29, 1.82) is 0 Å². The molecule has 2 heterocycles. The van der Waals surface area contributed by atoms with Crippen LogP contribution in [0.5, 0.6) is 0 Å². The van der Waals surface area contributed by atoms with Gasteiger partial charge in [0.25, 0.3) is 5.69 Å². The molecule has 0 spiro atoms. The molecular formula is C6H3NO2S. The lowest BCUT2D eigenvalue weighted by atomic mass is 10.3. The molecule has 0 fully saturated rings. The van der Waals surface area contributed by atoms with Gasteiger partial charge in [0, 0.05) is 10.8 Å². The third-order valence-corrected chi connectivity index (χ3v) is 2.41. The average molecular weight is 153 g/mol. The van der Waals surface area contributed by atoms with Gasteiger partial charge in [-0.3, -0.25) is 10.1 Å². The molecule has 2 aromatic rings. The molecule has 0 unspecified atom stereocenters. The molecule has 0 aliphatic rings. The Labute approximate surface area is 60.4 Å². The van der Waals surface area contributed by atoms with Crippen LogP contribution in [-0.4, -0.2) is 4.92 Å². The van der Waals surface area contributed by atoms with Crippen LogP contribution >= 0.6 is 11.3 Å². The van der Waals surface area contributed by atoms with Gasteiger partial charge in [-0.2, -0.15) is 0 Å². The topological polar surface area (TPSA) is 43.1 Å². The number of nitro benzene ring substituents is 1. The number of nitrogens with zero attached hydrogens (tertiary/aromatic N) is 1. The van der Waals surface area contributed by atoms with Gasteiger partial charge in [-0.1, -0.05) is 0 Å². The van der Waals surface area contributed by atoms with E-state index in [4.69, 9.17) is 0 Å². The minimum absolute atomic E-state index is 0.238. The second kappa shape index (κ2) is 1.67. The summed E-state index contributed by atoms with van der Waals surface area (Å²) in [5.74, 6) is 0. The predicted octanol–water partition coefficient (Wildman–Crippen LogP) is 2.25. The summed E-state index contributed by atoms with van der Waals surface area (Å²) in [5.41, 5.74) is 0.238. The number of rotatable bonds is 1. The van der Waals surface area contributed by atoms with Crippen LogP contribution in [-0.2, 0) is 0 Å². The largest absolute Gasteiger partial charge is 0.287 e. The standard InChI is InChI=1S/C6H3NO2S/c8-7(9)5-3-4-1-2-6(5)10-4/h1-3H. The van der Waals surface area contributed by atoms with E-state index in [0.29, 0.717) is 0 Å². The van der Waals surface area contributed by atoms with E-state index < -0.39 is 0 Å². The van der Waals surface area contributed by atoms with Crippen LogP contribution in [0.25, 0.3) is 9.40 Å². The zero-order chi connectivity index (χ0) is 7.14. The van der Waals surface area contributed by atoms with Gasteiger partial charge in [0.2, 0.25) is 0 Å². The van der Waals surface area contributed by atoms with Gasteiger partial charge in [0.1, 0.15) is 4.70 Å². The first kappa shape index (κ1) is 5.61. The van der Waals surface area contributed by atoms with Crippen LogP contribution in [0.2, 0.25) is 0 Å². The lowest BCUT2D eigenvalue weighted by Crippen LogP contribution is -1.84. The quantitative estimate of drug-likeness (QED) is 0.465. The highest BCUT2D eigenvalue weighted by atomic mass is 32.1. The Morgan fingerprint density at radius 3 is 2.60 bits per heavy atom. The smallest absolute Gasteiger partial charge is 0.258 e. The molecular weight excluding hydrogens is 150 g/mol. The van der Waals surface area contributed by atoms with E-state index in [9.17, 15) is 10.1 Å². The normalized spacial score (nSPS) is 10.8. The Bertz CT molecular complexity index is 367. The van der Waals surface area contributed by atoms with E-state index in [1.807, 2.05) is 6.07 Å². The summed E-state index contributed by atoms with van der Waals surface area (Å²) in [6.07, 6.45) is 0. The first-order valence-electron chi connectivity index (χ1n) is 2.74. The third-order valence-electron chi connectivity index (χ3n) is 1.35. The van der Waals surface area contributed by atoms with Crippen LogP contribution in [0.1, 0.15) is 0 Å². The van der Waals surface area contributed by atoms with Gasteiger partial charge in [-0.05, 0) is 12.1 Å². The lowest BCUT2D eigenvalue weighted by molar-refractivity contribution is -0.382. The van der Waals surface area contributed by atoms with Crippen molar-refractivity contribution in [1.82, 2.24) is 0 Å². The number of thiophene rings is 2. The third kappa shape index (κ3) is 0.593. The lowest BCUT2D eigenvalue weighted by Gasteiger charge is -1.83. The van der Waals surface area contributed by atoms with Gasteiger partial charge in [-0.15, -0.1) is 11.3 Å². The highest BCUT2D eigenvalue weighted by Gasteiger charge is 2.13. The molecule has 50 valence electrons. The summed E-state index contributed by atoms with van der Waals surface area (Å²) >= 11 is 1.46. The summed E-state index contributed by atoms with van der Waals surface area (Å²) in [7, 11) is 0. The van der Waals surface area contributed by atoms with Crippen LogP contribution in [0.3, 0.4) is 0 Å². The molecule has 0 saturated carbocycles. The number of fused-ring (bicyclic) bond motifs is 2. The van der Waals surface area contributed by atoms with Crippen molar-refractivity contribution in [3.63, 3.8) is 0 Å². The molecule has 3 nitrogen and oxygen atoms in total. The van der Waals surface area contributed by atoms with Crippen molar-refractivity contribution < 1.29 is 4.92 Å². The first-order chi connectivity index (χ1) is 4.77. The van der Waals surface area contributed by atoms with E-state index in [1.165, 1.54) is 11.3 Å². The molecule has 0 aliphatic carbocycles. The Kier molecular flexibility index (Phi) is 0.935. The van der Waals surface area contributed by atoms with E-state index in [0.717, 1.165) is 9.40 Å². The van der Waals surface area contributed by atoms with Gasteiger partial charge in [0.15, 0.2) is 0 Å². The number of benzene rings is 1. The molecule has 0 radical (unpaired) electrons. The van der Waals surface area contributed by atoms with E-state index in [2.05, 4.69) is 0 Å². The second-order valence-corrected chi connectivity index (χ2v) is 3.10. The maximum Gasteiger partial charge on any atom is 0.287 e. The summed E-state index contributed by atoms with van der Waals surface area (Å²) in [5, 5.41) is 10.2. The highest BCUT2D eigenvalue weighted by molar-refractivity contribution is 7.24. The number of nitro groups is 1. The minimum Gasteiger partial charge on any atom is -0.258 e. The first-order valence-corrected chi connectivity index (χ1v) is 3.55. The molecule has 10 heavy (non-hydrogen) atoms. The Morgan fingerprint density at radius 1 is 1.50 bits per heavy atom. The summed E-state index contributed by atoms with van der Waals surface area (Å²) < 4.78 is 1.74. The number of hydrogen-bond acceptors (Lipinski definition) is 3. The van der Waals surface area contributed by atoms with Gasteiger partial charge in [0.05, 0.1) is 4.92 Å². The number of hydrogen-bond donors (Lipinski definition) is 0. The summed E-state index contributed by atoms with van der Waals surface area (Å²) in [6.45, 7) is 0. The van der Waals surface area contributed by atoms with Gasteiger partial charge in [-0.25, -0.2) is 0 Å². The summed E-state index contributed by atoms with van der Waals surface area (Å²) in [6, 6.07) is 5.26. The molecule has 0 saturated heterocycles. The fourth-order valence-corrected chi connectivity index (χ4v) is 1.85. The molecule has 2 rings (SSSR count). The van der Waals surface area contributed by atoms with Gasteiger partial charge >= 0.3 is 0 Å². The molecule has 0 aromatic carbocycles. The highest BCUT2D eigenvalue weighted by Crippen LogP contribution is 2.33. The minimum atomic E-state index is -0.348.